The fraction of sp³-hybridized carbons (Fsp3) is 0.533. The zero-order valence-corrected chi connectivity index (χ0v) is 14.3. The fourth-order valence-corrected chi connectivity index (χ4v) is 3.61. The Labute approximate surface area is 138 Å². The highest BCUT2D eigenvalue weighted by Crippen LogP contribution is 2.13. The van der Waals surface area contributed by atoms with E-state index in [-0.39, 0.29) is 41.4 Å². The quantitative estimate of drug-likeness (QED) is 0.846. The van der Waals surface area contributed by atoms with Crippen LogP contribution in [0, 0.1) is 6.92 Å². The molecule has 0 spiro atoms. The van der Waals surface area contributed by atoms with Crippen LogP contribution in [0.25, 0.3) is 0 Å². The van der Waals surface area contributed by atoms with E-state index in [2.05, 4.69) is 10.6 Å². The Kier molecular flexibility index (Phi) is 7.32. The maximum absolute atomic E-state index is 12.1. The molecule has 0 aliphatic carbocycles. The second-order valence-corrected chi connectivity index (χ2v) is 7.60. The van der Waals surface area contributed by atoms with E-state index in [1.54, 1.807) is 24.3 Å². The maximum atomic E-state index is 12.1. The van der Waals surface area contributed by atoms with Gasteiger partial charge in [-0.1, -0.05) is 17.7 Å². The fourth-order valence-electron chi connectivity index (χ4n) is 2.37. The molecule has 22 heavy (non-hydrogen) atoms. The van der Waals surface area contributed by atoms with Gasteiger partial charge in [0.05, 0.1) is 10.6 Å². The molecule has 1 aliphatic rings. The van der Waals surface area contributed by atoms with Crippen LogP contribution in [0.3, 0.4) is 0 Å². The van der Waals surface area contributed by atoms with Crippen molar-refractivity contribution in [1.82, 2.24) is 10.6 Å². The average molecular weight is 347 g/mol. The van der Waals surface area contributed by atoms with E-state index in [1.165, 1.54) is 0 Å². The number of hydrogen-bond acceptors (Lipinski definition) is 4. The number of aryl methyl sites for hydroxylation is 1. The number of hydrogen-bond donors (Lipinski definition) is 2. The van der Waals surface area contributed by atoms with Crippen LogP contribution in [0.4, 0.5) is 0 Å². The van der Waals surface area contributed by atoms with Crippen molar-refractivity contribution in [2.75, 3.05) is 18.8 Å². The number of nitrogens with one attached hydrogen (secondary N) is 2. The summed E-state index contributed by atoms with van der Waals surface area (Å²) >= 11 is 0. The van der Waals surface area contributed by atoms with E-state index in [4.69, 9.17) is 0 Å². The molecule has 0 unspecified atom stereocenters. The first-order chi connectivity index (χ1) is 9.97. The molecule has 7 heteroatoms. The second kappa shape index (κ2) is 8.50. The minimum absolute atomic E-state index is 0. The molecular weight excluding hydrogens is 324 g/mol. The van der Waals surface area contributed by atoms with Crippen molar-refractivity contribution in [1.29, 1.82) is 0 Å². The molecule has 2 N–H and O–H groups in total. The number of amides is 1. The Balaban J connectivity index is 0.00000242. The minimum atomic E-state index is -3.39. The molecule has 5 nitrogen and oxygen atoms in total. The molecule has 1 amide bonds. The number of carbonyl (C=O) groups is 1. The monoisotopic (exact) mass is 346 g/mol. The van der Waals surface area contributed by atoms with Crippen LogP contribution < -0.4 is 10.6 Å². The molecule has 2 rings (SSSR count). The van der Waals surface area contributed by atoms with Crippen molar-refractivity contribution in [3.8, 4) is 0 Å². The molecule has 1 aromatic rings. The normalized spacial score (nSPS) is 18.3. The van der Waals surface area contributed by atoms with Crippen LogP contribution >= 0.6 is 12.4 Å². The Morgan fingerprint density at radius 2 is 2.00 bits per heavy atom. The standard InChI is InChI=1S/C15H22N2O3S.ClH/c1-12-4-6-14(7-5-12)21(19,20)10-8-15(18)17-13-3-2-9-16-11-13;/h4-7,13,16H,2-3,8-11H2,1H3,(H,17,18);1H/t13-;/m0./s1. The maximum Gasteiger partial charge on any atom is 0.221 e. The van der Waals surface area contributed by atoms with Gasteiger partial charge in [-0.25, -0.2) is 8.42 Å². The van der Waals surface area contributed by atoms with Gasteiger partial charge in [-0.05, 0) is 38.4 Å². The summed E-state index contributed by atoms with van der Waals surface area (Å²) in [6.45, 7) is 3.65. The molecule has 1 aromatic carbocycles. The molecule has 0 radical (unpaired) electrons. The summed E-state index contributed by atoms with van der Waals surface area (Å²) in [7, 11) is -3.39. The van der Waals surface area contributed by atoms with Crippen molar-refractivity contribution in [2.24, 2.45) is 0 Å². The third-order valence-corrected chi connectivity index (χ3v) is 5.37. The third-order valence-electron chi connectivity index (χ3n) is 3.64. The van der Waals surface area contributed by atoms with Gasteiger partial charge < -0.3 is 10.6 Å². The van der Waals surface area contributed by atoms with Crippen molar-refractivity contribution in [2.45, 2.75) is 37.1 Å². The van der Waals surface area contributed by atoms with E-state index >= 15 is 0 Å². The SMILES string of the molecule is Cc1ccc(S(=O)(=O)CCC(=O)N[C@H]2CCCNC2)cc1.Cl. The topological polar surface area (TPSA) is 75.3 Å². The molecule has 1 aliphatic heterocycles. The number of sulfone groups is 1. The van der Waals surface area contributed by atoms with Gasteiger partial charge in [0.2, 0.25) is 5.91 Å². The molecule has 1 saturated heterocycles. The molecule has 0 aromatic heterocycles. The molecular formula is C15H23ClN2O3S. The summed E-state index contributed by atoms with van der Waals surface area (Å²) in [5.41, 5.74) is 1.01. The van der Waals surface area contributed by atoms with Crippen LogP contribution in [-0.4, -0.2) is 39.2 Å². The zero-order valence-electron chi connectivity index (χ0n) is 12.7. The van der Waals surface area contributed by atoms with Gasteiger partial charge in [0.15, 0.2) is 9.84 Å². The average Bonchev–Trinajstić information content (AvgIpc) is 2.47. The Bertz CT molecular complexity index is 581. The Morgan fingerprint density at radius 1 is 1.32 bits per heavy atom. The first kappa shape index (κ1) is 18.9. The lowest BCUT2D eigenvalue weighted by molar-refractivity contribution is -0.121. The largest absolute Gasteiger partial charge is 0.352 e. The van der Waals surface area contributed by atoms with E-state index in [0.29, 0.717) is 0 Å². The zero-order chi connectivity index (χ0) is 15.3. The Hall–Kier alpha value is -1.11. The number of halogens is 1. The van der Waals surface area contributed by atoms with E-state index in [9.17, 15) is 13.2 Å². The van der Waals surface area contributed by atoms with Gasteiger partial charge in [0, 0.05) is 19.0 Å². The highest BCUT2D eigenvalue weighted by molar-refractivity contribution is 7.91. The number of rotatable bonds is 5. The predicted molar refractivity (Wildman–Crippen MR) is 89.1 cm³/mol. The van der Waals surface area contributed by atoms with Gasteiger partial charge in [-0.3, -0.25) is 4.79 Å². The molecule has 0 bridgehead atoms. The van der Waals surface area contributed by atoms with Gasteiger partial charge in [-0.15, -0.1) is 12.4 Å². The molecule has 1 fully saturated rings. The van der Waals surface area contributed by atoms with Crippen molar-refractivity contribution < 1.29 is 13.2 Å². The van der Waals surface area contributed by atoms with Crippen LogP contribution in [0.15, 0.2) is 29.2 Å². The smallest absolute Gasteiger partial charge is 0.221 e. The number of carbonyl (C=O) groups excluding carboxylic acids is 1. The van der Waals surface area contributed by atoms with Crippen LogP contribution in [0.1, 0.15) is 24.8 Å². The summed E-state index contributed by atoms with van der Waals surface area (Å²) in [4.78, 5) is 12.1. The lowest BCUT2D eigenvalue weighted by Gasteiger charge is -2.23. The van der Waals surface area contributed by atoms with E-state index in [1.807, 2.05) is 6.92 Å². The highest BCUT2D eigenvalue weighted by atomic mass is 35.5. The second-order valence-electron chi connectivity index (χ2n) is 5.49. The van der Waals surface area contributed by atoms with Gasteiger partial charge in [-0.2, -0.15) is 0 Å². The van der Waals surface area contributed by atoms with Crippen molar-refractivity contribution in [3.63, 3.8) is 0 Å². The van der Waals surface area contributed by atoms with Gasteiger partial charge >= 0.3 is 0 Å². The van der Waals surface area contributed by atoms with Crippen molar-refractivity contribution in [3.05, 3.63) is 29.8 Å². The molecule has 124 valence electrons. The van der Waals surface area contributed by atoms with Crippen LogP contribution in [-0.2, 0) is 14.6 Å². The molecule has 0 saturated carbocycles. The molecule has 1 heterocycles. The van der Waals surface area contributed by atoms with E-state index in [0.717, 1.165) is 31.5 Å². The predicted octanol–water partition coefficient (Wildman–Crippen LogP) is 1.45. The minimum Gasteiger partial charge on any atom is -0.352 e. The first-order valence-electron chi connectivity index (χ1n) is 7.27. The summed E-state index contributed by atoms with van der Waals surface area (Å²) in [6.07, 6.45) is 1.99. The number of benzene rings is 1. The summed E-state index contributed by atoms with van der Waals surface area (Å²) < 4.78 is 24.3. The van der Waals surface area contributed by atoms with Gasteiger partial charge in [0.25, 0.3) is 0 Å². The highest BCUT2D eigenvalue weighted by Gasteiger charge is 2.19. The summed E-state index contributed by atoms with van der Waals surface area (Å²) in [5.74, 6) is -0.346. The Morgan fingerprint density at radius 3 is 2.59 bits per heavy atom. The van der Waals surface area contributed by atoms with E-state index < -0.39 is 9.84 Å². The van der Waals surface area contributed by atoms with Gasteiger partial charge in [0.1, 0.15) is 0 Å². The lowest BCUT2D eigenvalue weighted by Crippen LogP contribution is -2.45. The third kappa shape index (κ3) is 5.59. The lowest BCUT2D eigenvalue weighted by atomic mass is 10.1. The molecule has 1 atom stereocenters. The summed E-state index contributed by atoms with van der Waals surface area (Å²) in [6, 6.07) is 6.83. The van der Waals surface area contributed by atoms with Crippen LogP contribution in [0.5, 0.6) is 0 Å². The summed E-state index contributed by atoms with van der Waals surface area (Å²) in [5, 5.41) is 6.10. The number of piperidine rings is 1. The van der Waals surface area contributed by atoms with Crippen LogP contribution in [0.2, 0.25) is 0 Å². The van der Waals surface area contributed by atoms with Crippen molar-refractivity contribution >= 4 is 28.2 Å². The first-order valence-corrected chi connectivity index (χ1v) is 8.92.